The van der Waals surface area contributed by atoms with Crippen LogP contribution in [0.2, 0.25) is 10.0 Å². The molecule has 2 N–H and O–H groups in total. The van der Waals surface area contributed by atoms with Crippen LogP contribution in [0.25, 0.3) is 0 Å². The summed E-state index contributed by atoms with van der Waals surface area (Å²) < 4.78 is 26.5. The second-order valence-electron chi connectivity index (χ2n) is 5.26. The van der Waals surface area contributed by atoms with Crippen LogP contribution in [0.4, 0.5) is 8.78 Å². The van der Waals surface area contributed by atoms with Crippen LogP contribution < -0.4 is 10.6 Å². The fraction of sp³-hybridized carbons (Fsp3) is 0.375. The molecule has 1 heterocycles. The quantitative estimate of drug-likeness (QED) is 0.321. The first-order valence-corrected chi connectivity index (χ1v) is 8.47. The van der Waals surface area contributed by atoms with Gasteiger partial charge in [-0.2, -0.15) is 8.78 Å². The lowest BCUT2D eigenvalue weighted by Crippen LogP contribution is -2.38. The van der Waals surface area contributed by atoms with E-state index in [0.29, 0.717) is 22.5 Å². The second kappa shape index (κ2) is 10.9. The molecule has 0 fully saturated rings. The number of benzene rings is 1. The van der Waals surface area contributed by atoms with E-state index in [1.54, 1.807) is 12.1 Å². The molecule has 144 valence electrons. The van der Waals surface area contributed by atoms with Crippen molar-refractivity contribution in [2.45, 2.75) is 33.0 Å². The Kier molecular flexibility index (Phi) is 9.59. The molecule has 1 aromatic heterocycles. The molecule has 0 aliphatic rings. The SMILES string of the molecule is CCNC(=NCc1nccn1C(F)F)NC(C)c1ccc(Cl)cc1Cl.I. The molecule has 26 heavy (non-hydrogen) atoms. The molecule has 2 rings (SSSR count). The van der Waals surface area contributed by atoms with Crippen molar-refractivity contribution in [2.75, 3.05) is 6.54 Å². The minimum absolute atomic E-state index is 0. The molecule has 0 spiro atoms. The van der Waals surface area contributed by atoms with Gasteiger partial charge >= 0.3 is 6.55 Å². The molecule has 2 aromatic rings. The molecule has 1 aromatic carbocycles. The smallest absolute Gasteiger partial charge is 0.319 e. The van der Waals surface area contributed by atoms with Gasteiger partial charge in [-0.15, -0.1) is 24.0 Å². The summed E-state index contributed by atoms with van der Waals surface area (Å²) in [6.07, 6.45) is 2.56. The van der Waals surface area contributed by atoms with Crippen LogP contribution in [0.3, 0.4) is 0 Å². The van der Waals surface area contributed by atoms with Crippen molar-refractivity contribution in [3.05, 3.63) is 52.0 Å². The summed E-state index contributed by atoms with van der Waals surface area (Å²) in [6, 6.07) is 5.09. The van der Waals surface area contributed by atoms with E-state index in [0.717, 1.165) is 10.1 Å². The third-order valence-electron chi connectivity index (χ3n) is 3.46. The highest BCUT2D eigenvalue weighted by molar-refractivity contribution is 14.0. The van der Waals surface area contributed by atoms with Gasteiger partial charge in [0, 0.05) is 29.0 Å². The summed E-state index contributed by atoms with van der Waals surface area (Å²) >= 11 is 12.1. The number of hydrogen-bond donors (Lipinski definition) is 2. The Morgan fingerprint density at radius 1 is 1.35 bits per heavy atom. The number of alkyl halides is 2. The fourth-order valence-electron chi connectivity index (χ4n) is 2.25. The summed E-state index contributed by atoms with van der Waals surface area (Å²) in [5.41, 5.74) is 0.853. The molecule has 0 aliphatic carbocycles. The number of aromatic nitrogens is 2. The number of imidazole rings is 1. The topological polar surface area (TPSA) is 54.2 Å². The van der Waals surface area contributed by atoms with E-state index in [1.165, 1.54) is 12.4 Å². The molecular formula is C16H20Cl2F2IN5. The predicted octanol–water partition coefficient (Wildman–Crippen LogP) is 5.02. The molecule has 10 heteroatoms. The summed E-state index contributed by atoms with van der Waals surface area (Å²) in [4.78, 5) is 8.24. The van der Waals surface area contributed by atoms with Crippen LogP contribution in [-0.4, -0.2) is 22.1 Å². The van der Waals surface area contributed by atoms with E-state index in [1.807, 2.05) is 19.9 Å². The number of guanidine groups is 1. The summed E-state index contributed by atoms with van der Waals surface area (Å²) in [5, 5.41) is 7.36. The van der Waals surface area contributed by atoms with Crippen LogP contribution >= 0.6 is 47.2 Å². The minimum Gasteiger partial charge on any atom is -0.357 e. The van der Waals surface area contributed by atoms with E-state index >= 15 is 0 Å². The summed E-state index contributed by atoms with van der Waals surface area (Å²) in [7, 11) is 0. The predicted molar refractivity (Wildman–Crippen MR) is 112 cm³/mol. The number of aliphatic imine (C=N–C) groups is 1. The van der Waals surface area contributed by atoms with Gasteiger partial charge < -0.3 is 10.6 Å². The maximum absolute atomic E-state index is 12.9. The van der Waals surface area contributed by atoms with Gasteiger partial charge in [-0.05, 0) is 31.5 Å². The van der Waals surface area contributed by atoms with Crippen LogP contribution in [0.5, 0.6) is 0 Å². The van der Waals surface area contributed by atoms with E-state index in [2.05, 4.69) is 20.6 Å². The van der Waals surface area contributed by atoms with E-state index < -0.39 is 6.55 Å². The second-order valence-corrected chi connectivity index (χ2v) is 6.10. The maximum Gasteiger partial charge on any atom is 0.319 e. The summed E-state index contributed by atoms with van der Waals surface area (Å²) in [6.45, 7) is 1.83. The molecule has 1 unspecified atom stereocenters. The van der Waals surface area contributed by atoms with E-state index in [-0.39, 0.29) is 42.4 Å². The average Bonchev–Trinajstić information content (AvgIpc) is 3.01. The van der Waals surface area contributed by atoms with Crippen molar-refractivity contribution in [3.8, 4) is 0 Å². The Morgan fingerprint density at radius 3 is 2.69 bits per heavy atom. The molecule has 0 saturated heterocycles. The van der Waals surface area contributed by atoms with Gasteiger partial charge in [0.2, 0.25) is 0 Å². The van der Waals surface area contributed by atoms with Crippen LogP contribution in [0, 0.1) is 0 Å². The zero-order valence-corrected chi connectivity index (χ0v) is 18.1. The normalized spacial score (nSPS) is 12.7. The van der Waals surface area contributed by atoms with Crippen molar-refractivity contribution in [2.24, 2.45) is 4.99 Å². The Balaban J connectivity index is 0.00000338. The number of rotatable bonds is 6. The van der Waals surface area contributed by atoms with Crippen molar-refractivity contribution < 1.29 is 8.78 Å². The zero-order valence-electron chi connectivity index (χ0n) is 14.2. The number of nitrogens with zero attached hydrogens (tertiary/aromatic N) is 3. The molecule has 0 saturated carbocycles. The fourth-order valence-corrected chi connectivity index (χ4v) is 2.82. The molecule has 1 atom stereocenters. The third-order valence-corrected chi connectivity index (χ3v) is 4.03. The van der Waals surface area contributed by atoms with Crippen molar-refractivity contribution in [1.82, 2.24) is 20.2 Å². The van der Waals surface area contributed by atoms with Crippen LogP contribution in [0.1, 0.15) is 37.8 Å². The van der Waals surface area contributed by atoms with Crippen LogP contribution in [0.15, 0.2) is 35.6 Å². The number of hydrogen-bond acceptors (Lipinski definition) is 2. The largest absolute Gasteiger partial charge is 0.357 e. The molecule has 0 bridgehead atoms. The highest BCUT2D eigenvalue weighted by Gasteiger charge is 2.13. The lowest BCUT2D eigenvalue weighted by molar-refractivity contribution is 0.0671. The Morgan fingerprint density at radius 2 is 2.08 bits per heavy atom. The third kappa shape index (κ3) is 6.24. The lowest BCUT2D eigenvalue weighted by atomic mass is 10.1. The standard InChI is InChI=1S/C16H19Cl2F2N5.HI/c1-3-21-16(23-9-14-22-6-7-25(14)15(19)20)24-10(2)12-5-4-11(17)8-13(12)18;/h4-8,10,15H,3,9H2,1-2H3,(H2,21,23,24);1H. The van der Waals surface area contributed by atoms with Crippen LogP contribution in [-0.2, 0) is 6.54 Å². The highest BCUT2D eigenvalue weighted by atomic mass is 127. The van der Waals surface area contributed by atoms with Gasteiger partial charge in [-0.25, -0.2) is 9.98 Å². The maximum atomic E-state index is 12.9. The van der Waals surface area contributed by atoms with Gasteiger partial charge in [-0.1, -0.05) is 29.3 Å². The van der Waals surface area contributed by atoms with Gasteiger partial charge in [0.25, 0.3) is 0 Å². The molecular weight excluding hydrogens is 498 g/mol. The first kappa shape index (κ1) is 22.9. The van der Waals surface area contributed by atoms with Gasteiger partial charge in [0.1, 0.15) is 12.4 Å². The number of halogens is 5. The average molecular weight is 518 g/mol. The zero-order chi connectivity index (χ0) is 18.4. The highest BCUT2D eigenvalue weighted by Crippen LogP contribution is 2.26. The molecule has 0 radical (unpaired) electrons. The minimum atomic E-state index is -2.64. The lowest BCUT2D eigenvalue weighted by Gasteiger charge is -2.19. The number of nitrogens with one attached hydrogen (secondary N) is 2. The monoisotopic (exact) mass is 517 g/mol. The first-order chi connectivity index (χ1) is 11.9. The molecule has 0 amide bonds. The molecule has 5 nitrogen and oxygen atoms in total. The first-order valence-electron chi connectivity index (χ1n) is 7.72. The van der Waals surface area contributed by atoms with E-state index in [4.69, 9.17) is 23.2 Å². The van der Waals surface area contributed by atoms with Gasteiger partial charge in [0.05, 0.1) is 6.04 Å². The summed E-state index contributed by atoms with van der Waals surface area (Å²) in [5.74, 6) is 0.661. The Bertz CT molecular complexity index is 739. The van der Waals surface area contributed by atoms with Crippen molar-refractivity contribution in [3.63, 3.8) is 0 Å². The molecule has 0 aliphatic heterocycles. The Hall–Kier alpha value is -1.13. The van der Waals surface area contributed by atoms with Crippen molar-refractivity contribution in [1.29, 1.82) is 0 Å². The van der Waals surface area contributed by atoms with E-state index in [9.17, 15) is 8.78 Å². The van der Waals surface area contributed by atoms with Crippen molar-refractivity contribution >= 4 is 53.1 Å². The van der Waals surface area contributed by atoms with Gasteiger partial charge in [0.15, 0.2) is 5.96 Å². The van der Waals surface area contributed by atoms with Gasteiger partial charge in [-0.3, -0.25) is 4.57 Å². The Labute approximate surface area is 178 Å².